The van der Waals surface area contributed by atoms with E-state index in [-0.39, 0.29) is 10.7 Å². The molecule has 0 radical (unpaired) electrons. The van der Waals surface area contributed by atoms with Crippen molar-refractivity contribution in [3.63, 3.8) is 0 Å². The van der Waals surface area contributed by atoms with Crippen molar-refractivity contribution in [1.29, 1.82) is 0 Å². The van der Waals surface area contributed by atoms with Gasteiger partial charge in [0.1, 0.15) is 12.4 Å². The van der Waals surface area contributed by atoms with Gasteiger partial charge in [-0.15, -0.1) is 0 Å². The molecule has 1 heterocycles. The van der Waals surface area contributed by atoms with Crippen molar-refractivity contribution in [3.8, 4) is 0 Å². The topological polar surface area (TPSA) is 112 Å². The molecule has 8 heteroatoms. The van der Waals surface area contributed by atoms with E-state index in [0.29, 0.717) is 24.7 Å². The second-order valence-electron chi connectivity index (χ2n) is 4.43. The molecule has 1 aromatic heterocycles. The van der Waals surface area contributed by atoms with E-state index in [2.05, 4.69) is 5.32 Å². The molecule has 1 aromatic carbocycles. The number of nitrogens with two attached hydrogens (primary N) is 1. The summed E-state index contributed by atoms with van der Waals surface area (Å²) in [5.74, 6) is 0.257. The zero-order chi connectivity index (χ0) is 16.2. The number of furan rings is 1. The molecule has 3 N–H and O–H groups in total. The van der Waals surface area contributed by atoms with E-state index in [1.165, 1.54) is 24.3 Å². The number of hydrogen-bond acceptors (Lipinski definition) is 5. The number of ether oxygens (including phenoxy) is 1. The second kappa shape index (κ2) is 6.73. The Morgan fingerprint density at radius 1 is 1.23 bits per heavy atom. The number of benzene rings is 1. The first-order valence-electron chi connectivity index (χ1n) is 6.51. The molecule has 2 rings (SSSR count). The van der Waals surface area contributed by atoms with Gasteiger partial charge in [-0.2, -0.15) is 0 Å². The number of carbonyl (C=O) groups excluding carboxylic acids is 1. The summed E-state index contributed by atoms with van der Waals surface area (Å²) in [6.07, 6.45) is 0. The molecule has 118 valence electrons. The minimum atomic E-state index is -3.75. The van der Waals surface area contributed by atoms with Crippen LogP contribution in [0.1, 0.15) is 23.2 Å². The van der Waals surface area contributed by atoms with E-state index in [1.807, 2.05) is 6.92 Å². The number of primary sulfonamides is 1. The van der Waals surface area contributed by atoms with E-state index in [1.54, 1.807) is 12.1 Å². The standard InChI is InChI=1S/C14H16N2O5S/c1-2-20-9-11-5-8-13(21-11)14(17)16-10-3-6-12(7-4-10)22(15,18)19/h3-8H,2,9H2,1H3,(H,16,17)(H2,15,18,19). The zero-order valence-electron chi connectivity index (χ0n) is 11.9. The summed E-state index contributed by atoms with van der Waals surface area (Å²) in [4.78, 5) is 12.0. The molecule has 7 nitrogen and oxygen atoms in total. The maximum Gasteiger partial charge on any atom is 0.291 e. The molecule has 0 saturated heterocycles. The Morgan fingerprint density at radius 3 is 2.50 bits per heavy atom. The lowest BCUT2D eigenvalue weighted by Crippen LogP contribution is -2.13. The number of nitrogens with one attached hydrogen (secondary N) is 1. The lowest BCUT2D eigenvalue weighted by molar-refractivity contribution is 0.0972. The van der Waals surface area contributed by atoms with Crippen molar-refractivity contribution in [3.05, 3.63) is 47.9 Å². The Kier molecular flexibility index (Phi) is 4.96. The van der Waals surface area contributed by atoms with Gasteiger partial charge >= 0.3 is 0 Å². The van der Waals surface area contributed by atoms with Gasteiger partial charge in [0, 0.05) is 12.3 Å². The molecule has 0 aliphatic rings. The fourth-order valence-corrected chi connectivity index (χ4v) is 2.22. The Balaban J connectivity index is 2.04. The van der Waals surface area contributed by atoms with E-state index in [4.69, 9.17) is 14.3 Å². The highest BCUT2D eigenvalue weighted by Gasteiger charge is 2.12. The predicted molar refractivity (Wildman–Crippen MR) is 79.8 cm³/mol. The minimum absolute atomic E-state index is 0.0255. The minimum Gasteiger partial charge on any atom is -0.453 e. The fourth-order valence-electron chi connectivity index (χ4n) is 1.70. The molecule has 0 aliphatic carbocycles. The molecule has 0 bridgehead atoms. The molecule has 2 aromatic rings. The molecule has 22 heavy (non-hydrogen) atoms. The van der Waals surface area contributed by atoms with Gasteiger partial charge in [0.05, 0.1) is 4.90 Å². The largest absolute Gasteiger partial charge is 0.453 e. The second-order valence-corrected chi connectivity index (χ2v) is 5.99. The third-order valence-corrected chi connectivity index (χ3v) is 3.70. The van der Waals surface area contributed by atoms with Gasteiger partial charge in [-0.1, -0.05) is 0 Å². The average Bonchev–Trinajstić information content (AvgIpc) is 2.93. The van der Waals surface area contributed by atoms with Gasteiger partial charge in [-0.25, -0.2) is 13.6 Å². The molecule has 0 aliphatic heterocycles. The van der Waals surface area contributed by atoms with Gasteiger partial charge in [-0.05, 0) is 43.3 Å². The van der Waals surface area contributed by atoms with Crippen LogP contribution in [0.5, 0.6) is 0 Å². The van der Waals surface area contributed by atoms with Crippen molar-refractivity contribution in [2.45, 2.75) is 18.4 Å². The predicted octanol–water partition coefficient (Wildman–Crippen LogP) is 1.72. The summed E-state index contributed by atoms with van der Waals surface area (Å²) in [5, 5.41) is 7.60. The molecule has 0 fully saturated rings. The molecule has 0 saturated carbocycles. The highest BCUT2D eigenvalue weighted by Crippen LogP contribution is 2.15. The summed E-state index contributed by atoms with van der Waals surface area (Å²) in [7, 11) is -3.75. The summed E-state index contributed by atoms with van der Waals surface area (Å²) >= 11 is 0. The number of rotatable bonds is 6. The van der Waals surface area contributed by atoms with Crippen LogP contribution in [0.3, 0.4) is 0 Å². The lowest BCUT2D eigenvalue weighted by Gasteiger charge is -2.04. The maximum absolute atomic E-state index is 12.0. The van der Waals surface area contributed by atoms with E-state index in [9.17, 15) is 13.2 Å². The summed E-state index contributed by atoms with van der Waals surface area (Å²) in [6, 6.07) is 8.72. The van der Waals surface area contributed by atoms with Gasteiger partial charge in [0.2, 0.25) is 10.0 Å². The van der Waals surface area contributed by atoms with Crippen molar-refractivity contribution >= 4 is 21.6 Å². The first kappa shape index (κ1) is 16.2. The first-order valence-corrected chi connectivity index (χ1v) is 8.05. The van der Waals surface area contributed by atoms with Gasteiger partial charge < -0.3 is 14.5 Å². The summed E-state index contributed by atoms with van der Waals surface area (Å²) < 4.78 is 32.8. The van der Waals surface area contributed by atoms with E-state index < -0.39 is 15.9 Å². The van der Waals surface area contributed by atoms with Crippen molar-refractivity contribution in [2.75, 3.05) is 11.9 Å². The lowest BCUT2D eigenvalue weighted by atomic mass is 10.3. The van der Waals surface area contributed by atoms with Crippen molar-refractivity contribution in [2.24, 2.45) is 5.14 Å². The summed E-state index contributed by atoms with van der Waals surface area (Å²) in [5.41, 5.74) is 0.431. The molecule has 0 unspecified atom stereocenters. The maximum atomic E-state index is 12.0. The monoisotopic (exact) mass is 324 g/mol. The molecular formula is C14H16N2O5S. The van der Waals surface area contributed by atoms with Gasteiger partial charge in [0.15, 0.2) is 5.76 Å². The van der Waals surface area contributed by atoms with Crippen LogP contribution in [0.15, 0.2) is 45.7 Å². The van der Waals surface area contributed by atoms with Crippen LogP contribution in [0, 0.1) is 0 Å². The number of sulfonamides is 1. The smallest absolute Gasteiger partial charge is 0.291 e. The normalized spacial score (nSPS) is 11.4. The van der Waals surface area contributed by atoms with Gasteiger partial charge in [0.25, 0.3) is 5.91 Å². The molecule has 1 amide bonds. The van der Waals surface area contributed by atoms with E-state index >= 15 is 0 Å². The molecular weight excluding hydrogens is 308 g/mol. The Bertz CT molecular complexity index is 750. The number of anilines is 1. The quantitative estimate of drug-likeness (QED) is 0.840. The third-order valence-electron chi connectivity index (χ3n) is 2.77. The van der Waals surface area contributed by atoms with Gasteiger partial charge in [-0.3, -0.25) is 4.79 Å². The van der Waals surface area contributed by atoms with Crippen LogP contribution in [-0.4, -0.2) is 20.9 Å². The SMILES string of the molecule is CCOCc1ccc(C(=O)Nc2ccc(S(N)(=O)=O)cc2)o1. The Labute approximate surface area is 128 Å². The average molecular weight is 324 g/mol. The van der Waals surface area contributed by atoms with Crippen LogP contribution in [0.25, 0.3) is 0 Å². The fraction of sp³-hybridized carbons (Fsp3) is 0.214. The van der Waals surface area contributed by atoms with Crippen LogP contribution in [0.4, 0.5) is 5.69 Å². The number of carbonyl (C=O) groups is 1. The Morgan fingerprint density at radius 2 is 1.91 bits per heavy atom. The van der Waals surface area contributed by atoms with Crippen LogP contribution in [0.2, 0.25) is 0 Å². The van der Waals surface area contributed by atoms with Crippen molar-refractivity contribution < 1.29 is 22.4 Å². The summed E-state index contributed by atoms with van der Waals surface area (Å²) in [6.45, 7) is 2.72. The zero-order valence-corrected chi connectivity index (χ0v) is 12.7. The number of amides is 1. The highest BCUT2D eigenvalue weighted by molar-refractivity contribution is 7.89. The number of hydrogen-bond donors (Lipinski definition) is 2. The van der Waals surface area contributed by atoms with Crippen LogP contribution < -0.4 is 10.5 Å². The van der Waals surface area contributed by atoms with Crippen LogP contribution in [-0.2, 0) is 21.4 Å². The van der Waals surface area contributed by atoms with Crippen LogP contribution >= 0.6 is 0 Å². The highest BCUT2D eigenvalue weighted by atomic mass is 32.2. The van der Waals surface area contributed by atoms with Crippen molar-refractivity contribution in [1.82, 2.24) is 0 Å². The van der Waals surface area contributed by atoms with E-state index in [0.717, 1.165) is 0 Å². The first-order chi connectivity index (χ1) is 10.4. The molecule has 0 spiro atoms. The third kappa shape index (κ3) is 4.17. The molecule has 0 atom stereocenters. The Hall–Kier alpha value is -2.16.